The van der Waals surface area contributed by atoms with E-state index in [0.29, 0.717) is 5.82 Å². The topological polar surface area (TPSA) is 38.0 Å². The SMILES string of the molecule is CC.CC.CC.Cn1c(CO)nc2ccccc21. The van der Waals surface area contributed by atoms with Crippen molar-refractivity contribution in [1.82, 2.24) is 9.55 Å². The third-order valence-electron chi connectivity index (χ3n) is 2.02. The fourth-order valence-electron chi connectivity index (χ4n) is 1.34. The molecule has 0 bridgehead atoms. The molecule has 2 aromatic rings. The molecule has 18 heavy (non-hydrogen) atoms. The summed E-state index contributed by atoms with van der Waals surface area (Å²) >= 11 is 0. The van der Waals surface area contributed by atoms with Crippen molar-refractivity contribution in [3.63, 3.8) is 0 Å². The Morgan fingerprint density at radius 2 is 1.50 bits per heavy atom. The molecule has 0 aliphatic heterocycles. The molecule has 3 heteroatoms. The number of rotatable bonds is 1. The second-order valence-corrected chi connectivity index (χ2v) is 2.73. The first kappa shape index (κ1) is 19.0. The molecule has 2 rings (SSSR count). The number of nitrogens with zero attached hydrogens (tertiary/aromatic N) is 2. The van der Waals surface area contributed by atoms with Crippen LogP contribution in [0.2, 0.25) is 0 Å². The van der Waals surface area contributed by atoms with Crippen molar-refractivity contribution in [2.45, 2.75) is 48.1 Å². The van der Waals surface area contributed by atoms with Gasteiger partial charge in [-0.25, -0.2) is 4.98 Å². The maximum atomic E-state index is 8.94. The lowest BCUT2D eigenvalue weighted by Gasteiger charge is -1.96. The molecular weight excluding hydrogens is 224 g/mol. The van der Waals surface area contributed by atoms with E-state index >= 15 is 0 Å². The summed E-state index contributed by atoms with van der Waals surface area (Å²) in [5.74, 6) is 0.705. The van der Waals surface area contributed by atoms with Gasteiger partial charge in [0.2, 0.25) is 0 Å². The Bertz CT molecular complexity index is 408. The van der Waals surface area contributed by atoms with Crippen molar-refractivity contribution < 1.29 is 5.11 Å². The predicted molar refractivity (Wildman–Crippen MR) is 80.7 cm³/mol. The predicted octanol–water partition coefficient (Wildman–Crippen LogP) is 4.14. The highest BCUT2D eigenvalue weighted by atomic mass is 16.3. The summed E-state index contributed by atoms with van der Waals surface area (Å²) in [4.78, 5) is 4.24. The number of aromatic nitrogens is 2. The van der Waals surface area contributed by atoms with Crippen LogP contribution in [-0.4, -0.2) is 14.7 Å². The maximum Gasteiger partial charge on any atom is 0.135 e. The Morgan fingerprint density at radius 1 is 1.00 bits per heavy atom. The largest absolute Gasteiger partial charge is 0.388 e. The van der Waals surface area contributed by atoms with Crippen LogP contribution in [0.5, 0.6) is 0 Å². The molecule has 1 aromatic carbocycles. The monoisotopic (exact) mass is 252 g/mol. The highest BCUT2D eigenvalue weighted by Gasteiger charge is 2.03. The van der Waals surface area contributed by atoms with Crippen LogP contribution in [0.15, 0.2) is 24.3 Å². The summed E-state index contributed by atoms with van der Waals surface area (Å²) in [5.41, 5.74) is 1.99. The standard InChI is InChI=1S/C9H10N2O.3C2H6/c1-11-8-5-3-2-4-7(8)10-9(11)6-12;3*1-2/h2-5,12H,6H2,1H3;3*1-2H3. The van der Waals surface area contributed by atoms with Gasteiger partial charge >= 0.3 is 0 Å². The van der Waals surface area contributed by atoms with E-state index in [1.54, 1.807) is 0 Å². The third kappa shape index (κ3) is 4.88. The Hall–Kier alpha value is -1.35. The molecule has 0 saturated carbocycles. The second kappa shape index (κ2) is 12.1. The van der Waals surface area contributed by atoms with Crippen molar-refractivity contribution in [2.75, 3.05) is 0 Å². The van der Waals surface area contributed by atoms with E-state index in [1.165, 1.54) is 0 Å². The van der Waals surface area contributed by atoms with E-state index in [-0.39, 0.29) is 6.61 Å². The number of para-hydroxylation sites is 2. The van der Waals surface area contributed by atoms with E-state index in [9.17, 15) is 0 Å². The van der Waals surface area contributed by atoms with Crippen LogP contribution in [-0.2, 0) is 13.7 Å². The summed E-state index contributed by atoms with van der Waals surface area (Å²) in [6, 6.07) is 7.83. The van der Waals surface area contributed by atoms with Crippen LogP contribution in [0.1, 0.15) is 47.4 Å². The van der Waals surface area contributed by atoms with Gasteiger partial charge in [0.1, 0.15) is 12.4 Å². The number of imidazole rings is 1. The zero-order valence-electron chi connectivity index (χ0n) is 12.9. The van der Waals surface area contributed by atoms with Crippen LogP contribution >= 0.6 is 0 Å². The smallest absolute Gasteiger partial charge is 0.135 e. The average molecular weight is 252 g/mol. The van der Waals surface area contributed by atoms with Gasteiger partial charge in [-0.2, -0.15) is 0 Å². The number of aliphatic hydroxyl groups is 1. The quantitative estimate of drug-likeness (QED) is 0.828. The molecule has 0 saturated heterocycles. The molecule has 104 valence electrons. The van der Waals surface area contributed by atoms with E-state index in [2.05, 4.69) is 4.98 Å². The lowest BCUT2D eigenvalue weighted by atomic mass is 10.3. The van der Waals surface area contributed by atoms with Gasteiger partial charge in [-0.1, -0.05) is 53.7 Å². The number of hydrogen-bond donors (Lipinski definition) is 1. The number of aliphatic hydroxyl groups excluding tert-OH is 1. The Kier molecular flexibility index (Phi) is 12.8. The van der Waals surface area contributed by atoms with Crippen LogP contribution in [0, 0.1) is 0 Å². The number of aryl methyl sites for hydroxylation is 1. The minimum Gasteiger partial charge on any atom is -0.388 e. The van der Waals surface area contributed by atoms with Gasteiger partial charge in [-0.05, 0) is 12.1 Å². The van der Waals surface area contributed by atoms with Crippen molar-refractivity contribution in [2.24, 2.45) is 7.05 Å². The summed E-state index contributed by atoms with van der Waals surface area (Å²) in [7, 11) is 1.90. The Morgan fingerprint density at radius 3 is 1.94 bits per heavy atom. The molecular formula is C15H28N2O. The highest BCUT2D eigenvalue weighted by molar-refractivity contribution is 5.75. The highest BCUT2D eigenvalue weighted by Crippen LogP contribution is 2.13. The zero-order chi connectivity index (χ0) is 14.6. The van der Waals surface area contributed by atoms with Crippen molar-refractivity contribution in [3.05, 3.63) is 30.1 Å². The molecule has 0 unspecified atom stereocenters. The summed E-state index contributed by atoms with van der Waals surface area (Å²) in [6.45, 7) is 12.0. The number of benzene rings is 1. The van der Waals surface area contributed by atoms with E-state index in [1.807, 2.05) is 77.4 Å². The van der Waals surface area contributed by atoms with Gasteiger partial charge in [-0.15, -0.1) is 0 Å². The summed E-state index contributed by atoms with van der Waals surface area (Å²) < 4.78 is 1.90. The van der Waals surface area contributed by atoms with E-state index in [0.717, 1.165) is 11.0 Å². The zero-order valence-corrected chi connectivity index (χ0v) is 12.9. The molecule has 0 spiro atoms. The van der Waals surface area contributed by atoms with Crippen molar-refractivity contribution in [3.8, 4) is 0 Å². The van der Waals surface area contributed by atoms with Gasteiger partial charge in [0.05, 0.1) is 11.0 Å². The molecule has 0 amide bonds. The van der Waals surface area contributed by atoms with E-state index < -0.39 is 0 Å². The molecule has 1 N–H and O–H groups in total. The van der Waals surface area contributed by atoms with Crippen molar-refractivity contribution >= 4 is 11.0 Å². The second-order valence-electron chi connectivity index (χ2n) is 2.73. The fraction of sp³-hybridized carbons (Fsp3) is 0.533. The van der Waals surface area contributed by atoms with Crippen LogP contribution in [0.4, 0.5) is 0 Å². The molecule has 0 radical (unpaired) electrons. The van der Waals surface area contributed by atoms with Gasteiger partial charge in [0, 0.05) is 7.05 Å². The Balaban J connectivity index is 0. The Labute approximate surface area is 111 Å². The van der Waals surface area contributed by atoms with Gasteiger partial charge < -0.3 is 9.67 Å². The summed E-state index contributed by atoms with van der Waals surface area (Å²) in [6.07, 6.45) is 0. The molecule has 3 nitrogen and oxygen atoms in total. The van der Waals surface area contributed by atoms with Crippen LogP contribution in [0.3, 0.4) is 0 Å². The number of fused-ring (bicyclic) bond motifs is 1. The fourth-order valence-corrected chi connectivity index (χ4v) is 1.34. The van der Waals surface area contributed by atoms with Crippen LogP contribution < -0.4 is 0 Å². The molecule has 0 aliphatic rings. The molecule has 0 fully saturated rings. The minimum absolute atomic E-state index is 0.00875. The average Bonchev–Trinajstić information content (AvgIpc) is 2.82. The van der Waals surface area contributed by atoms with E-state index in [4.69, 9.17) is 5.11 Å². The van der Waals surface area contributed by atoms with Gasteiger partial charge in [0.25, 0.3) is 0 Å². The third-order valence-corrected chi connectivity index (χ3v) is 2.02. The molecule has 1 aromatic heterocycles. The lowest BCUT2D eigenvalue weighted by Crippen LogP contribution is -1.96. The van der Waals surface area contributed by atoms with Crippen LogP contribution in [0.25, 0.3) is 11.0 Å². The first-order valence-corrected chi connectivity index (χ1v) is 6.84. The van der Waals surface area contributed by atoms with Gasteiger partial charge in [0.15, 0.2) is 0 Å². The minimum atomic E-state index is -0.00875. The number of hydrogen-bond acceptors (Lipinski definition) is 2. The molecule has 0 aliphatic carbocycles. The molecule has 1 heterocycles. The first-order chi connectivity index (χ1) is 8.83. The maximum absolute atomic E-state index is 8.94. The van der Waals surface area contributed by atoms with Crippen molar-refractivity contribution in [1.29, 1.82) is 0 Å². The first-order valence-electron chi connectivity index (χ1n) is 6.84. The normalized spacial score (nSPS) is 8.22. The summed E-state index contributed by atoms with van der Waals surface area (Å²) in [5, 5.41) is 8.94. The lowest BCUT2D eigenvalue weighted by molar-refractivity contribution is 0.268. The van der Waals surface area contributed by atoms with Gasteiger partial charge in [-0.3, -0.25) is 0 Å². The molecule has 0 atom stereocenters.